The minimum absolute atomic E-state index is 0.0607. The standard InChI is InChI=1S/C22H17N3O3S/c1-15-8-2-6-12-19(15)24-21(26)17-10-4-5-11-18(17)23-22(24)29-14-16-9-3-7-13-20(16)25(27)28/h2-13H,14H2,1H3. The number of benzene rings is 3. The summed E-state index contributed by atoms with van der Waals surface area (Å²) in [5, 5.41) is 12.4. The van der Waals surface area contributed by atoms with E-state index in [2.05, 4.69) is 0 Å². The third-order valence-corrected chi connectivity index (χ3v) is 5.63. The highest BCUT2D eigenvalue weighted by Gasteiger charge is 2.17. The molecule has 1 aromatic heterocycles. The molecule has 0 saturated heterocycles. The Labute approximate surface area is 171 Å². The Bertz CT molecular complexity index is 1280. The molecule has 0 aliphatic heterocycles. The van der Waals surface area contributed by atoms with E-state index in [1.807, 2.05) is 43.3 Å². The zero-order chi connectivity index (χ0) is 20.4. The molecule has 144 valence electrons. The third-order valence-electron chi connectivity index (χ3n) is 4.65. The molecule has 0 aliphatic carbocycles. The molecule has 3 aromatic carbocycles. The number of fused-ring (bicyclic) bond motifs is 1. The first kappa shape index (κ1) is 18.9. The van der Waals surface area contributed by atoms with Crippen molar-refractivity contribution in [3.63, 3.8) is 0 Å². The fraction of sp³-hybridized carbons (Fsp3) is 0.0909. The van der Waals surface area contributed by atoms with Crippen molar-refractivity contribution in [1.29, 1.82) is 0 Å². The minimum Gasteiger partial charge on any atom is -0.268 e. The first-order valence-electron chi connectivity index (χ1n) is 8.99. The van der Waals surface area contributed by atoms with Crippen molar-refractivity contribution in [1.82, 2.24) is 9.55 Å². The first-order valence-corrected chi connectivity index (χ1v) is 9.97. The number of nitro benzene ring substituents is 1. The van der Waals surface area contributed by atoms with E-state index in [1.165, 1.54) is 17.8 Å². The number of aryl methyl sites for hydroxylation is 1. The lowest BCUT2D eigenvalue weighted by Gasteiger charge is -2.15. The van der Waals surface area contributed by atoms with Crippen LogP contribution in [0, 0.1) is 17.0 Å². The lowest BCUT2D eigenvalue weighted by molar-refractivity contribution is -0.385. The van der Waals surface area contributed by atoms with Gasteiger partial charge in [-0.3, -0.25) is 19.5 Å². The van der Waals surface area contributed by atoms with Gasteiger partial charge in [0.2, 0.25) is 0 Å². The van der Waals surface area contributed by atoms with Gasteiger partial charge in [0.15, 0.2) is 5.16 Å². The van der Waals surface area contributed by atoms with E-state index in [-0.39, 0.29) is 11.2 Å². The average molecular weight is 403 g/mol. The van der Waals surface area contributed by atoms with E-state index in [0.717, 1.165) is 11.3 Å². The van der Waals surface area contributed by atoms with Gasteiger partial charge in [-0.1, -0.05) is 60.3 Å². The largest absolute Gasteiger partial charge is 0.273 e. The summed E-state index contributed by atoms with van der Waals surface area (Å²) in [6.45, 7) is 1.94. The predicted molar refractivity (Wildman–Crippen MR) is 115 cm³/mol. The van der Waals surface area contributed by atoms with Gasteiger partial charge in [0, 0.05) is 17.4 Å². The molecule has 0 unspecified atom stereocenters. The monoisotopic (exact) mass is 403 g/mol. The van der Waals surface area contributed by atoms with Gasteiger partial charge in [-0.25, -0.2) is 4.98 Å². The number of para-hydroxylation sites is 3. The maximum Gasteiger partial charge on any atom is 0.273 e. The predicted octanol–water partition coefficient (Wildman–Crippen LogP) is 4.89. The molecule has 4 aromatic rings. The molecule has 0 radical (unpaired) electrons. The molecular formula is C22H17N3O3S. The van der Waals surface area contributed by atoms with Crippen LogP contribution in [0.1, 0.15) is 11.1 Å². The van der Waals surface area contributed by atoms with Gasteiger partial charge >= 0.3 is 0 Å². The van der Waals surface area contributed by atoms with Crippen LogP contribution in [-0.4, -0.2) is 14.5 Å². The van der Waals surface area contributed by atoms with Crippen molar-refractivity contribution in [2.75, 3.05) is 0 Å². The van der Waals surface area contributed by atoms with E-state index in [0.29, 0.717) is 27.4 Å². The SMILES string of the molecule is Cc1ccccc1-n1c(SCc2ccccc2[N+](=O)[O-])nc2ccccc2c1=O. The van der Waals surface area contributed by atoms with Crippen molar-refractivity contribution in [2.45, 2.75) is 17.8 Å². The summed E-state index contributed by atoms with van der Waals surface area (Å²) in [6, 6.07) is 21.4. The summed E-state index contributed by atoms with van der Waals surface area (Å²) in [6.07, 6.45) is 0. The zero-order valence-electron chi connectivity index (χ0n) is 15.6. The van der Waals surface area contributed by atoms with Gasteiger partial charge in [0.25, 0.3) is 11.2 Å². The Morgan fingerprint density at radius 3 is 2.48 bits per heavy atom. The van der Waals surface area contributed by atoms with Gasteiger partial charge in [-0.2, -0.15) is 0 Å². The molecule has 0 bridgehead atoms. The fourth-order valence-corrected chi connectivity index (χ4v) is 4.19. The number of hydrogen-bond donors (Lipinski definition) is 0. The van der Waals surface area contributed by atoms with Crippen LogP contribution in [0.4, 0.5) is 5.69 Å². The van der Waals surface area contributed by atoms with E-state index in [9.17, 15) is 14.9 Å². The van der Waals surface area contributed by atoms with Gasteiger partial charge < -0.3 is 0 Å². The molecule has 0 N–H and O–H groups in total. The molecule has 1 heterocycles. The number of thioether (sulfide) groups is 1. The normalized spacial score (nSPS) is 10.9. The Morgan fingerprint density at radius 2 is 1.69 bits per heavy atom. The highest BCUT2D eigenvalue weighted by Crippen LogP contribution is 2.29. The number of rotatable bonds is 5. The summed E-state index contributed by atoms with van der Waals surface area (Å²) in [5.41, 5.74) is 2.79. The van der Waals surface area contributed by atoms with Crippen molar-refractivity contribution in [3.8, 4) is 5.69 Å². The van der Waals surface area contributed by atoms with Gasteiger partial charge in [0.05, 0.1) is 21.5 Å². The topological polar surface area (TPSA) is 78.0 Å². The smallest absolute Gasteiger partial charge is 0.268 e. The van der Waals surface area contributed by atoms with E-state index >= 15 is 0 Å². The van der Waals surface area contributed by atoms with Gasteiger partial charge in [0.1, 0.15) is 0 Å². The summed E-state index contributed by atoms with van der Waals surface area (Å²) in [7, 11) is 0. The quantitative estimate of drug-likeness (QED) is 0.205. The Morgan fingerprint density at radius 1 is 1.00 bits per heavy atom. The highest BCUT2D eigenvalue weighted by atomic mass is 32.2. The Kier molecular flexibility index (Phi) is 5.14. The highest BCUT2D eigenvalue weighted by molar-refractivity contribution is 7.98. The maximum absolute atomic E-state index is 13.3. The molecular weight excluding hydrogens is 386 g/mol. The van der Waals surface area contributed by atoms with Crippen LogP contribution in [0.5, 0.6) is 0 Å². The molecule has 4 rings (SSSR count). The van der Waals surface area contributed by atoms with Crippen molar-refractivity contribution < 1.29 is 4.92 Å². The van der Waals surface area contributed by atoms with Crippen LogP contribution in [0.3, 0.4) is 0 Å². The molecule has 29 heavy (non-hydrogen) atoms. The van der Waals surface area contributed by atoms with Crippen LogP contribution in [-0.2, 0) is 5.75 Å². The molecule has 7 heteroatoms. The maximum atomic E-state index is 13.3. The number of nitro groups is 1. The number of nitrogens with zero attached hydrogens (tertiary/aromatic N) is 3. The van der Waals surface area contributed by atoms with E-state index in [1.54, 1.807) is 34.9 Å². The summed E-state index contributed by atoms with van der Waals surface area (Å²) in [4.78, 5) is 28.9. The lowest BCUT2D eigenvalue weighted by atomic mass is 10.2. The van der Waals surface area contributed by atoms with Gasteiger partial charge in [-0.15, -0.1) is 0 Å². The molecule has 0 amide bonds. The first-order chi connectivity index (χ1) is 14.1. The molecule has 0 spiro atoms. The third kappa shape index (κ3) is 3.64. The van der Waals surface area contributed by atoms with Crippen molar-refractivity contribution in [2.24, 2.45) is 0 Å². The second-order valence-corrected chi connectivity index (χ2v) is 7.46. The van der Waals surface area contributed by atoms with Crippen LogP contribution >= 0.6 is 11.8 Å². The molecule has 0 saturated carbocycles. The molecule has 6 nitrogen and oxygen atoms in total. The van der Waals surface area contributed by atoms with Gasteiger partial charge in [-0.05, 0) is 30.7 Å². The van der Waals surface area contributed by atoms with Crippen LogP contribution in [0.2, 0.25) is 0 Å². The van der Waals surface area contributed by atoms with Crippen molar-refractivity contribution in [3.05, 3.63) is 104 Å². The van der Waals surface area contributed by atoms with E-state index in [4.69, 9.17) is 4.98 Å². The fourth-order valence-electron chi connectivity index (χ4n) is 3.19. The Hall–Kier alpha value is -3.45. The molecule has 0 aliphatic rings. The van der Waals surface area contributed by atoms with E-state index < -0.39 is 4.92 Å². The average Bonchev–Trinajstić information content (AvgIpc) is 2.73. The number of hydrogen-bond acceptors (Lipinski definition) is 5. The minimum atomic E-state index is -0.391. The molecule has 0 fully saturated rings. The summed E-state index contributed by atoms with van der Waals surface area (Å²) < 4.78 is 1.59. The summed E-state index contributed by atoms with van der Waals surface area (Å²) >= 11 is 1.31. The van der Waals surface area contributed by atoms with Crippen molar-refractivity contribution >= 4 is 28.4 Å². The lowest BCUT2D eigenvalue weighted by Crippen LogP contribution is -2.22. The number of aromatic nitrogens is 2. The van der Waals surface area contributed by atoms with Crippen LogP contribution in [0.25, 0.3) is 16.6 Å². The van der Waals surface area contributed by atoms with Crippen LogP contribution in [0.15, 0.2) is 82.7 Å². The second kappa shape index (κ2) is 7.89. The Balaban J connectivity index is 1.86. The molecule has 0 atom stereocenters. The zero-order valence-corrected chi connectivity index (χ0v) is 16.4. The second-order valence-electron chi connectivity index (χ2n) is 6.51. The summed E-state index contributed by atoms with van der Waals surface area (Å²) in [5.74, 6) is 0.327. The van der Waals surface area contributed by atoms with Crippen LogP contribution < -0.4 is 5.56 Å².